The Morgan fingerprint density at radius 2 is 2.05 bits per heavy atom. The van der Waals surface area contributed by atoms with Crippen LogP contribution in [0.25, 0.3) is 0 Å². The summed E-state index contributed by atoms with van der Waals surface area (Å²) in [5, 5.41) is 3.56. The standard InChI is InChI=1S/C17H33NO/c1-3-10-18-14-15(2)12-16-7-11-19-17(13-16)8-5-4-6-9-17/h15-16,18H,3-14H2,1-2H3. The molecule has 1 aliphatic heterocycles. The first kappa shape index (κ1) is 15.3. The number of hydrogen-bond donors (Lipinski definition) is 1. The van der Waals surface area contributed by atoms with E-state index >= 15 is 0 Å². The number of rotatable bonds is 6. The van der Waals surface area contributed by atoms with Crippen molar-refractivity contribution in [1.29, 1.82) is 0 Å². The van der Waals surface area contributed by atoms with E-state index in [1.165, 1.54) is 70.9 Å². The summed E-state index contributed by atoms with van der Waals surface area (Å²) in [7, 11) is 0. The summed E-state index contributed by atoms with van der Waals surface area (Å²) in [4.78, 5) is 0. The molecule has 2 atom stereocenters. The van der Waals surface area contributed by atoms with Crippen molar-refractivity contribution in [2.75, 3.05) is 19.7 Å². The van der Waals surface area contributed by atoms with E-state index in [-0.39, 0.29) is 5.60 Å². The molecule has 0 radical (unpaired) electrons. The van der Waals surface area contributed by atoms with Gasteiger partial charge < -0.3 is 10.1 Å². The van der Waals surface area contributed by atoms with Gasteiger partial charge in [-0.15, -0.1) is 0 Å². The van der Waals surface area contributed by atoms with Crippen LogP contribution < -0.4 is 5.32 Å². The van der Waals surface area contributed by atoms with Gasteiger partial charge in [-0.25, -0.2) is 0 Å². The van der Waals surface area contributed by atoms with E-state index in [4.69, 9.17) is 4.74 Å². The molecule has 2 fully saturated rings. The maximum atomic E-state index is 6.20. The zero-order valence-electron chi connectivity index (χ0n) is 13.0. The van der Waals surface area contributed by atoms with Gasteiger partial charge in [-0.3, -0.25) is 0 Å². The van der Waals surface area contributed by atoms with Crippen LogP contribution >= 0.6 is 0 Å². The fourth-order valence-corrected chi connectivity index (χ4v) is 4.05. The van der Waals surface area contributed by atoms with Crippen LogP contribution in [-0.2, 0) is 4.74 Å². The Kier molecular flexibility index (Phi) is 6.15. The van der Waals surface area contributed by atoms with Crippen molar-refractivity contribution in [1.82, 2.24) is 5.32 Å². The third-order valence-electron chi connectivity index (χ3n) is 5.02. The Morgan fingerprint density at radius 1 is 1.26 bits per heavy atom. The Labute approximate surface area is 119 Å². The summed E-state index contributed by atoms with van der Waals surface area (Å²) < 4.78 is 6.20. The second-order valence-corrected chi connectivity index (χ2v) is 7.00. The predicted molar refractivity (Wildman–Crippen MR) is 81.4 cm³/mol. The van der Waals surface area contributed by atoms with Crippen LogP contribution in [0.4, 0.5) is 0 Å². The smallest absolute Gasteiger partial charge is 0.0685 e. The molecule has 1 N–H and O–H groups in total. The van der Waals surface area contributed by atoms with E-state index in [9.17, 15) is 0 Å². The lowest BCUT2D eigenvalue weighted by molar-refractivity contribution is -0.119. The molecule has 1 spiro atoms. The molecule has 0 aromatic heterocycles. The predicted octanol–water partition coefficient (Wildman–Crippen LogP) is 4.14. The van der Waals surface area contributed by atoms with Crippen LogP contribution in [-0.4, -0.2) is 25.3 Å². The third-order valence-corrected chi connectivity index (χ3v) is 5.02. The zero-order chi connectivity index (χ0) is 13.6. The minimum atomic E-state index is 0.289. The first-order valence-corrected chi connectivity index (χ1v) is 8.59. The van der Waals surface area contributed by atoms with Gasteiger partial charge in [0.05, 0.1) is 5.60 Å². The molecule has 2 unspecified atom stereocenters. The molecule has 1 heterocycles. The Morgan fingerprint density at radius 3 is 2.79 bits per heavy atom. The molecule has 2 rings (SSSR count). The van der Waals surface area contributed by atoms with Crippen LogP contribution in [0.5, 0.6) is 0 Å². The second kappa shape index (κ2) is 7.64. The number of ether oxygens (including phenoxy) is 1. The lowest BCUT2D eigenvalue weighted by Crippen LogP contribution is -2.42. The molecular weight excluding hydrogens is 234 g/mol. The van der Waals surface area contributed by atoms with Gasteiger partial charge >= 0.3 is 0 Å². The molecule has 2 aliphatic rings. The van der Waals surface area contributed by atoms with Crippen LogP contribution in [0.1, 0.15) is 71.6 Å². The summed E-state index contributed by atoms with van der Waals surface area (Å²) in [5.41, 5.74) is 0.289. The van der Waals surface area contributed by atoms with E-state index in [0.29, 0.717) is 0 Å². The van der Waals surface area contributed by atoms with Gasteiger partial charge in [-0.1, -0.05) is 33.1 Å². The average Bonchev–Trinajstić information content (AvgIpc) is 2.40. The van der Waals surface area contributed by atoms with Gasteiger partial charge in [0.1, 0.15) is 0 Å². The fraction of sp³-hybridized carbons (Fsp3) is 1.00. The number of nitrogens with one attached hydrogen (secondary N) is 1. The molecule has 0 amide bonds. The Bertz CT molecular complexity index is 242. The van der Waals surface area contributed by atoms with Crippen molar-refractivity contribution in [3.8, 4) is 0 Å². The van der Waals surface area contributed by atoms with Gasteiger partial charge in [0.2, 0.25) is 0 Å². The van der Waals surface area contributed by atoms with Crippen molar-refractivity contribution in [2.24, 2.45) is 11.8 Å². The topological polar surface area (TPSA) is 21.3 Å². The van der Waals surface area contributed by atoms with Crippen LogP contribution in [0.3, 0.4) is 0 Å². The zero-order valence-corrected chi connectivity index (χ0v) is 13.0. The molecule has 1 saturated carbocycles. The van der Waals surface area contributed by atoms with Crippen LogP contribution in [0.2, 0.25) is 0 Å². The quantitative estimate of drug-likeness (QED) is 0.730. The van der Waals surface area contributed by atoms with E-state index < -0.39 is 0 Å². The van der Waals surface area contributed by atoms with Gasteiger partial charge in [-0.2, -0.15) is 0 Å². The number of hydrogen-bond acceptors (Lipinski definition) is 2. The molecule has 0 bridgehead atoms. The first-order chi connectivity index (χ1) is 9.24. The van der Waals surface area contributed by atoms with E-state index in [0.717, 1.165) is 18.4 Å². The highest BCUT2D eigenvalue weighted by molar-refractivity contribution is 4.90. The molecule has 2 nitrogen and oxygen atoms in total. The molecule has 19 heavy (non-hydrogen) atoms. The van der Waals surface area contributed by atoms with Gasteiger partial charge in [-0.05, 0) is 63.5 Å². The Balaban J connectivity index is 1.74. The van der Waals surface area contributed by atoms with Gasteiger partial charge in [0, 0.05) is 6.61 Å². The van der Waals surface area contributed by atoms with E-state index in [1.807, 2.05) is 0 Å². The normalized spacial score (nSPS) is 28.4. The minimum Gasteiger partial charge on any atom is -0.375 e. The SMILES string of the molecule is CCCNCC(C)CC1CCOC2(CCCCC2)C1. The van der Waals surface area contributed by atoms with E-state index in [2.05, 4.69) is 19.2 Å². The van der Waals surface area contributed by atoms with Gasteiger partial charge in [0.15, 0.2) is 0 Å². The van der Waals surface area contributed by atoms with Crippen molar-refractivity contribution in [3.05, 3.63) is 0 Å². The van der Waals surface area contributed by atoms with Crippen molar-refractivity contribution in [2.45, 2.75) is 77.2 Å². The van der Waals surface area contributed by atoms with Crippen molar-refractivity contribution < 1.29 is 4.74 Å². The van der Waals surface area contributed by atoms with Gasteiger partial charge in [0.25, 0.3) is 0 Å². The summed E-state index contributed by atoms with van der Waals surface area (Å²) in [6.45, 7) is 8.02. The molecule has 0 aromatic carbocycles. The highest BCUT2D eigenvalue weighted by atomic mass is 16.5. The maximum absolute atomic E-state index is 6.20. The lowest BCUT2D eigenvalue weighted by Gasteiger charge is -2.44. The molecule has 2 heteroatoms. The average molecular weight is 267 g/mol. The van der Waals surface area contributed by atoms with E-state index in [1.54, 1.807) is 0 Å². The largest absolute Gasteiger partial charge is 0.375 e. The molecule has 1 saturated heterocycles. The summed E-state index contributed by atoms with van der Waals surface area (Å²) in [6, 6.07) is 0. The molecule has 112 valence electrons. The lowest BCUT2D eigenvalue weighted by atomic mass is 9.74. The molecule has 0 aromatic rings. The Hall–Kier alpha value is -0.0800. The maximum Gasteiger partial charge on any atom is 0.0685 e. The fourth-order valence-electron chi connectivity index (χ4n) is 4.05. The minimum absolute atomic E-state index is 0.289. The van der Waals surface area contributed by atoms with Crippen molar-refractivity contribution >= 4 is 0 Å². The second-order valence-electron chi connectivity index (χ2n) is 7.00. The highest BCUT2D eigenvalue weighted by Gasteiger charge is 2.38. The summed E-state index contributed by atoms with van der Waals surface area (Å²) >= 11 is 0. The molecular formula is C17H33NO. The van der Waals surface area contributed by atoms with Crippen LogP contribution in [0, 0.1) is 11.8 Å². The summed E-state index contributed by atoms with van der Waals surface area (Å²) in [5.74, 6) is 1.72. The van der Waals surface area contributed by atoms with Crippen molar-refractivity contribution in [3.63, 3.8) is 0 Å². The molecule has 1 aliphatic carbocycles. The first-order valence-electron chi connectivity index (χ1n) is 8.59. The highest BCUT2D eigenvalue weighted by Crippen LogP contribution is 2.42. The summed E-state index contributed by atoms with van der Waals surface area (Å²) in [6.07, 6.45) is 12.1. The van der Waals surface area contributed by atoms with Crippen LogP contribution in [0.15, 0.2) is 0 Å². The monoisotopic (exact) mass is 267 g/mol. The third kappa shape index (κ3) is 4.75.